The molecule has 4 nitrogen and oxygen atoms in total. The summed E-state index contributed by atoms with van der Waals surface area (Å²) in [7, 11) is 0. The van der Waals surface area contributed by atoms with E-state index >= 15 is 0 Å². The third-order valence-electron chi connectivity index (χ3n) is 7.90. The van der Waals surface area contributed by atoms with Crippen molar-refractivity contribution in [3.8, 4) is 33.8 Å². The molecule has 1 aliphatic rings. The van der Waals surface area contributed by atoms with Crippen molar-refractivity contribution >= 4 is 53.4 Å². The summed E-state index contributed by atoms with van der Waals surface area (Å²) in [4.78, 5) is 14.1. The number of pyridine rings is 1. The van der Waals surface area contributed by atoms with Gasteiger partial charge in [-0.15, -0.1) is 11.3 Å². The number of aromatic nitrogens is 3. The van der Waals surface area contributed by atoms with Gasteiger partial charge in [-0.1, -0.05) is 48.5 Å². The van der Waals surface area contributed by atoms with Crippen LogP contribution in [0.3, 0.4) is 0 Å². The highest BCUT2D eigenvalue weighted by molar-refractivity contribution is 7.26. The van der Waals surface area contributed by atoms with Gasteiger partial charge in [-0.2, -0.15) is 0 Å². The molecule has 182 valence electrons. The van der Waals surface area contributed by atoms with E-state index in [9.17, 15) is 0 Å². The summed E-state index contributed by atoms with van der Waals surface area (Å²) in [5, 5.41) is 4.71. The fraction of sp³-hybridized carbons (Fsp3) is 0.0294. The molecule has 0 fully saturated rings. The van der Waals surface area contributed by atoms with Crippen LogP contribution in [0.15, 0.2) is 108 Å². The minimum Gasteiger partial charge on any atom is -0.456 e. The van der Waals surface area contributed by atoms with Crippen molar-refractivity contribution in [2.45, 2.75) is 6.42 Å². The van der Waals surface area contributed by atoms with Crippen LogP contribution < -0.4 is 0 Å². The van der Waals surface area contributed by atoms with E-state index in [4.69, 9.17) is 14.4 Å². The number of thiophene rings is 1. The van der Waals surface area contributed by atoms with Crippen molar-refractivity contribution < 1.29 is 4.42 Å². The molecule has 8 aromatic rings. The SMILES string of the molecule is c1ccc2c(c1)Cc1c(-c3ccc4c(c3)oc3ccc(-c5nccc6c5sc5ccccc56)cc34)ncnc1-2. The summed E-state index contributed by atoms with van der Waals surface area (Å²) in [6, 6.07) is 32.0. The lowest BCUT2D eigenvalue weighted by atomic mass is 10.0. The predicted octanol–water partition coefficient (Wildman–Crippen LogP) is 9.04. The lowest BCUT2D eigenvalue weighted by Crippen LogP contribution is -1.94. The molecule has 0 radical (unpaired) electrons. The zero-order chi connectivity index (χ0) is 25.5. The Hall–Kier alpha value is -4.87. The van der Waals surface area contributed by atoms with Crippen LogP contribution in [0.2, 0.25) is 0 Å². The average Bonchev–Trinajstić information content (AvgIpc) is 3.67. The maximum Gasteiger partial charge on any atom is 0.136 e. The molecule has 9 rings (SSSR count). The molecule has 0 atom stereocenters. The topological polar surface area (TPSA) is 51.8 Å². The number of fused-ring (bicyclic) bond motifs is 9. The van der Waals surface area contributed by atoms with Crippen LogP contribution in [0.4, 0.5) is 0 Å². The first kappa shape index (κ1) is 21.1. The van der Waals surface area contributed by atoms with Gasteiger partial charge in [0.05, 0.1) is 21.8 Å². The van der Waals surface area contributed by atoms with Gasteiger partial charge in [0.15, 0.2) is 0 Å². The van der Waals surface area contributed by atoms with Crippen LogP contribution in [0.1, 0.15) is 11.1 Å². The van der Waals surface area contributed by atoms with Gasteiger partial charge in [-0.25, -0.2) is 9.97 Å². The molecule has 0 spiro atoms. The first-order valence-electron chi connectivity index (χ1n) is 13.0. The Morgan fingerprint density at radius 2 is 1.46 bits per heavy atom. The number of nitrogens with zero attached hydrogens (tertiary/aromatic N) is 3. The highest BCUT2D eigenvalue weighted by atomic mass is 32.1. The largest absolute Gasteiger partial charge is 0.456 e. The monoisotopic (exact) mass is 517 g/mol. The Balaban J connectivity index is 1.19. The van der Waals surface area contributed by atoms with E-state index < -0.39 is 0 Å². The maximum atomic E-state index is 6.36. The Morgan fingerprint density at radius 1 is 0.615 bits per heavy atom. The van der Waals surface area contributed by atoms with Gasteiger partial charge in [0.1, 0.15) is 17.5 Å². The van der Waals surface area contributed by atoms with E-state index in [1.165, 1.54) is 36.9 Å². The van der Waals surface area contributed by atoms with E-state index in [0.29, 0.717) is 0 Å². The predicted molar refractivity (Wildman–Crippen MR) is 159 cm³/mol. The smallest absolute Gasteiger partial charge is 0.136 e. The summed E-state index contributed by atoms with van der Waals surface area (Å²) in [6.07, 6.45) is 4.44. The molecule has 0 aliphatic heterocycles. The summed E-state index contributed by atoms with van der Waals surface area (Å²) in [6.45, 7) is 0. The Labute approximate surface area is 227 Å². The molecule has 1 aliphatic carbocycles. The molecule has 0 saturated heterocycles. The van der Waals surface area contributed by atoms with Crippen molar-refractivity contribution in [2.24, 2.45) is 0 Å². The molecule has 0 saturated carbocycles. The molecular weight excluding hydrogens is 498 g/mol. The van der Waals surface area contributed by atoms with Crippen LogP contribution in [0, 0.1) is 0 Å². The highest BCUT2D eigenvalue weighted by Crippen LogP contribution is 2.42. The third-order valence-corrected chi connectivity index (χ3v) is 9.09. The minimum absolute atomic E-state index is 0.847. The standard InChI is InChI=1S/C34H19N3OS/c1-2-6-22-19(5-1)15-27-31(36-18-37-33(22)27)21-9-11-23-26-16-20(10-12-28(26)38-29(23)17-21)32-34-25(13-14-35-32)24-7-3-4-8-30(24)39-34/h1-14,16-18H,15H2. The van der Waals surface area contributed by atoms with Crippen LogP contribution in [0.25, 0.3) is 75.9 Å². The van der Waals surface area contributed by atoms with Crippen molar-refractivity contribution in [3.63, 3.8) is 0 Å². The Bertz CT molecular complexity index is 2280. The number of hydrogen-bond donors (Lipinski definition) is 0. The third kappa shape index (κ3) is 3.02. The van der Waals surface area contributed by atoms with E-state index in [-0.39, 0.29) is 0 Å². The number of hydrogen-bond acceptors (Lipinski definition) is 5. The first-order chi connectivity index (χ1) is 19.3. The van der Waals surface area contributed by atoms with Crippen LogP contribution in [-0.2, 0) is 6.42 Å². The van der Waals surface area contributed by atoms with E-state index in [2.05, 4.69) is 96.0 Å². The maximum absolute atomic E-state index is 6.36. The average molecular weight is 518 g/mol. The van der Waals surface area contributed by atoms with Crippen molar-refractivity contribution in [2.75, 3.05) is 0 Å². The van der Waals surface area contributed by atoms with Crippen LogP contribution >= 0.6 is 11.3 Å². The molecule has 0 N–H and O–H groups in total. The van der Waals surface area contributed by atoms with E-state index in [1.807, 2.05) is 6.20 Å². The molecule has 0 amide bonds. The van der Waals surface area contributed by atoms with Gasteiger partial charge in [0.25, 0.3) is 0 Å². The summed E-state index contributed by atoms with van der Waals surface area (Å²) >= 11 is 1.80. The molecular formula is C34H19N3OS. The first-order valence-corrected chi connectivity index (χ1v) is 13.8. The molecule has 0 bridgehead atoms. The van der Waals surface area contributed by atoms with Gasteiger partial charge < -0.3 is 4.42 Å². The van der Waals surface area contributed by atoms with Gasteiger partial charge in [0, 0.05) is 61.1 Å². The Morgan fingerprint density at radius 3 is 2.46 bits per heavy atom. The number of benzene rings is 4. The van der Waals surface area contributed by atoms with Gasteiger partial charge in [-0.05, 0) is 48.0 Å². The summed E-state index contributed by atoms with van der Waals surface area (Å²) < 4.78 is 8.86. The highest BCUT2D eigenvalue weighted by Gasteiger charge is 2.24. The molecule has 0 unspecified atom stereocenters. The lowest BCUT2D eigenvalue weighted by molar-refractivity contribution is 0.669. The molecule has 4 heterocycles. The Kier molecular flexibility index (Phi) is 4.23. The quantitative estimate of drug-likeness (QED) is 0.229. The number of furan rings is 1. The second-order valence-corrected chi connectivity index (χ2v) is 11.1. The zero-order valence-electron chi connectivity index (χ0n) is 20.7. The molecule has 4 aromatic heterocycles. The molecule has 39 heavy (non-hydrogen) atoms. The van der Waals surface area contributed by atoms with Gasteiger partial charge in [-0.3, -0.25) is 4.98 Å². The summed E-state index contributed by atoms with van der Waals surface area (Å²) in [5.74, 6) is 0. The lowest BCUT2D eigenvalue weighted by Gasteiger charge is -2.07. The fourth-order valence-corrected chi connectivity index (χ4v) is 7.30. The van der Waals surface area contributed by atoms with Crippen molar-refractivity contribution in [3.05, 3.63) is 115 Å². The van der Waals surface area contributed by atoms with Crippen LogP contribution in [-0.4, -0.2) is 15.0 Å². The molecule has 5 heteroatoms. The number of rotatable bonds is 2. The van der Waals surface area contributed by atoms with Crippen LogP contribution in [0.5, 0.6) is 0 Å². The van der Waals surface area contributed by atoms with Gasteiger partial charge in [0.2, 0.25) is 0 Å². The zero-order valence-corrected chi connectivity index (χ0v) is 21.5. The van der Waals surface area contributed by atoms with Crippen molar-refractivity contribution in [1.82, 2.24) is 15.0 Å². The van der Waals surface area contributed by atoms with E-state index in [0.717, 1.165) is 56.6 Å². The summed E-state index contributed by atoms with van der Waals surface area (Å²) in [5.41, 5.74) is 10.6. The van der Waals surface area contributed by atoms with Crippen molar-refractivity contribution in [1.29, 1.82) is 0 Å². The molecule has 4 aromatic carbocycles. The van der Waals surface area contributed by atoms with Gasteiger partial charge >= 0.3 is 0 Å². The normalized spacial score (nSPS) is 12.5. The second-order valence-electron chi connectivity index (χ2n) is 10.0. The second kappa shape index (κ2) is 7.82. The minimum atomic E-state index is 0.847. The van der Waals surface area contributed by atoms with E-state index in [1.54, 1.807) is 17.7 Å². The fourth-order valence-electron chi connectivity index (χ4n) is 6.09.